The van der Waals surface area contributed by atoms with E-state index in [1.54, 1.807) is 11.9 Å². The van der Waals surface area contributed by atoms with Crippen LogP contribution in [0.5, 0.6) is 0 Å². The minimum atomic E-state index is -0.461. The molecule has 1 saturated carbocycles. The molecule has 6 heteroatoms. The largest absolute Gasteiger partial charge is 0.444 e. The molecule has 0 aromatic heterocycles. The Bertz CT molecular complexity index is 346. The monoisotopic (exact) mass is 284 g/mol. The van der Waals surface area contributed by atoms with Crippen molar-refractivity contribution in [2.75, 3.05) is 26.7 Å². The molecule has 1 rings (SSSR count). The van der Waals surface area contributed by atoms with Gasteiger partial charge in [0, 0.05) is 26.2 Å². The van der Waals surface area contributed by atoms with Gasteiger partial charge in [-0.3, -0.25) is 4.99 Å². The Balaban J connectivity index is 2.33. The predicted molar refractivity (Wildman–Crippen MR) is 81.0 cm³/mol. The highest BCUT2D eigenvalue weighted by atomic mass is 16.6. The van der Waals surface area contributed by atoms with Crippen LogP contribution < -0.4 is 10.6 Å². The molecule has 0 aromatic carbocycles. The van der Waals surface area contributed by atoms with E-state index in [9.17, 15) is 4.79 Å². The average Bonchev–Trinajstić information content (AvgIpc) is 3.10. The molecule has 0 aromatic rings. The molecule has 0 saturated heterocycles. The first-order valence-electron chi connectivity index (χ1n) is 7.31. The standard InChI is InChI=1S/C14H28N4O2/c1-6-15-12(17-11-7-8-11)16-9-10-18(5)13(19)20-14(2,3)4/h11H,6-10H2,1-5H3,(H2,15,16,17). The zero-order valence-corrected chi connectivity index (χ0v) is 13.3. The first-order valence-corrected chi connectivity index (χ1v) is 7.31. The van der Waals surface area contributed by atoms with Gasteiger partial charge in [-0.1, -0.05) is 0 Å². The fourth-order valence-corrected chi connectivity index (χ4v) is 1.48. The van der Waals surface area contributed by atoms with Crippen molar-refractivity contribution in [3.63, 3.8) is 0 Å². The van der Waals surface area contributed by atoms with Crippen molar-refractivity contribution in [2.24, 2.45) is 4.99 Å². The first kappa shape index (κ1) is 16.6. The van der Waals surface area contributed by atoms with E-state index in [1.165, 1.54) is 12.8 Å². The van der Waals surface area contributed by atoms with Gasteiger partial charge in [-0.25, -0.2) is 4.79 Å². The summed E-state index contributed by atoms with van der Waals surface area (Å²) in [5, 5.41) is 6.54. The minimum absolute atomic E-state index is 0.312. The number of likely N-dealkylation sites (N-methyl/N-ethyl adjacent to an activating group) is 1. The Kier molecular flexibility index (Phi) is 6.10. The maximum atomic E-state index is 11.8. The van der Waals surface area contributed by atoms with Gasteiger partial charge in [-0.05, 0) is 40.5 Å². The maximum Gasteiger partial charge on any atom is 0.410 e. The van der Waals surface area contributed by atoms with Gasteiger partial charge < -0.3 is 20.3 Å². The molecular weight excluding hydrogens is 256 g/mol. The number of carbonyl (C=O) groups is 1. The van der Waals surface area contributed by atoms with Crippen LogP contribution >= 0.6 is 0 Å². The third-order valence-corrected chi connectivity index (χ3v) is 2.67. The Labute approximate surface area is 122 Å². The number of hydrogen-bond donors (Lipinski definition) is 2. The number of rotatable bonds is 5. The lowest BCUT2D eigenvalue weighted by atomic mass is 10.2. The molecule has 116 valence electrons. The summed E-state index contributed by atoms with van der Waals surface area (Å²) in [6, 6.07) is 0.566. The van der Waals surface area contributed by atoms with Crippen molar-refractivity contribution < 1.29 is 9.53 Å². The molecule has 0 aliphatic heterocycles. The van der Waals surface area contributed by atoms with E-state index in [-0.39, 0.29) is 6.09 Å². The van der Waals surface area contributed by atoms with Crippen LogP contribution in [0, 0.1) is 0 Å². The Morgan fingerprint density at radius 3 is 2.55 bits per heavy atom. The second kappa shape index (κ2) is 7.36. The molecule has 1 aliphatic rings. The number of ether oxygens (including phenoxy) is 1. The van der Waals surface area contributed by atoms with Gasteiger partial charge in [-0.15, -0.1) is 0 Å². The molecule has 0 spiro atoms. The molecule has 0 heterocycles. The van der Waals surface area contributed by atoms with Gasteiger partial charge in [-0.2, -0.15) is 0 Å². The van der Waals surface area contributed by atoms with Crippen LogP contribution in [0.25, 0.3) is 0 Å². The summed E-state index contributed by atoms with van der Waals surface area (Å²) in [4.78, 5) is 17.8. The zero-order valence-electron chi connectivity index (χ0n) is 13.3. The second-order valence-corrected chi connectivity index (χ2v) is 6.08. The summed E-state index contributed by atoms with van der Waals surface area (Å²) in [6.45, 7) is 9.55. The number of hydrogen-bond acceptors (Lipinski definition) is 3. The molecular formula is C14H28N4O2. The summed E-state index contributed by atoms with van der Waals surface area (Å²) in [5.74, 6) is 0.826. The lowest BCUT2D eigenvalue weighted by Gasteiger charge is -2.24. The van der Waals surface area contributed by atoms with E-state index in [2.05, 4.69) is 15.6 Å². The number of nitrogens with zero attached hydrogens (tertiary/aromatic N) is 2. The van der Waals surface area contributed by atoms with Crippen molar-refractivity contribution in [1.82, 2.24) is 15.5 Å². The number of amides is 1. The SMILES string of the molecule is CCNC(=NCCN(C)C(=O)OC(C)(C)C)NC1CC1. The number of carbonyl (C=O) groups excluding carboxylic acids is 1. The lowest BCUT2D eigenvalue weighted by Crippen LogP contribution is -2.39. The van der Waals surface area contributed by atoms with E-state index in [0.717, 1.165) is 12.5 Å². The maximum absolute atomic E-state index is 11.8. The first-order chi connectivity index (χ1) is 9.31. The molecule has 1 amide bonds. The average molecular weight is 284 g/mol. The highest BCUT2D eigenvalue weighted by Crippen LogP contribution is 2.18. The third kappa shape index (κ3) is 7.21. The molecule has 0 radical (unpaired) electrons. The Hall–Kier alpha value is -1.46. The van der Waals surface area contributed by atoms with Crippen LogP contribution in [0.4, 0.5) is 4.79 Å². The van der Waals surface area contributed by atoms with Crippen LogP contribution in [0.15, 0.2) is 4.99 Å². The fraction of sp³-hybridized carbons (Fsp3) is 0.857. The van der Waals surface area contributed by atoms with Gasteiger partial charge in [0.15, 0.2) is 5.96 Å². The lowest BCUT2D eigenvalue weighted by molar-refractivity contribution is 0.0304. The van der Waals surface area contributed by atoms with Crippen molar-refractivity contribution in [3.8, 4) is 0 Å². The highest BCUT2D eigenvalue weighted by molar-refractivity contribution is 5.80. The molecule has 0 atom stereocenters. The number of nitrogens with one attached hydrogen (secondary N) is 2. The highest BCUT2D eigenvalue weighted by Gasteiger charge is 2.22. The van der Waals surface area contributed by atoms with Crippen molar-refractivity contribution >= 4 is 12.1 Å². The summed E-state index contributed by atoms with van der Waals surface area (Å²) in [6.07, 6.45) is 2.11. The van der Waals surface area contributed by atoms with Crippen LogP contribution in [0.2, 0.25) is 0 Å². The van der Waals surface area contributed by atoms with Crippen molar-refractivity contribution in [2.45, 2.75) is 52.2 Å². The Morgan fingerprint density at radius 1 is 1.40 bits per heavy atom. The van der Waals surface area contributed by atoms with Gasteiger partial charge >= 0.3 is 6.09 Å². The summed E-state index contributed by atoms with van der Waals surface area (Å²) in [7, 11) is 1.73. The van der Waals surface area contributed by atoms with Crippen molar-refractivity contribution in [1.29, 1.82) is 0 Å². The molecule has 2 N–H and O–H groups in total. The van der Waals surface area contributed by atoms with Gasteiger partial charge in [0.25, 0.3) is 0 Å². The van der Waals surface area contributed by atoms with Gasteiger partial charge in [0.05, 0.1) is 6.54 Å². The fourth-order valence-electron chi connectivity index (χ4n) is 1.48. The summed E-state index contributed by atoms with van der Waals surface area (Å²) >= 11 is 0. The molecule has 0 bridgehead atoms. The summed E-state index contributed by atoms with van der Waals surface area (Å²) in [5.41, 5.74) is -0.461. The quantitative estimate of drug-likeness (QED) is 0.594. The third-order valence-electron chi connectivity index (χ3n) is 2.67. The topological polar surface area (TPSA) is 66.0 Å². The molecule has 6 nitrogen and oxygen atoms in total. The van der Waals surface area contributed by atoms with E-state index in [1.807, 2.05) is 27.7 Å². The number of guanidine groups is 1. The van der Waals surface area contributed by atoms with E-state index in [0.29, 0.717) is 19.1 Å². The molecule has 1 fully saturated rings. The van der Waals surface area contributed by atoms with E-state index in [4.69, 9.17) is 4.74 Å². The number of aliphatic imine (C=N–C) groups is 1. The Morgan fingerprint density at radius 2 is 2.05 bits per heavy atom. The van der Waals surface area contributed by atoms with Crippen LogP contribution in [0.1, 0.15) is 40.5 Å². The second-order valence-electron chi connectivity index (χ2n) is 6.08. The van der Waals surface area contributed by atoms with Crippen LogP contribution in [0.3, 0.4) is 0 Å². The normalized spacial score (nSPS) is 15.8. The zero-order chi connectivity index (χ0) is 15.2. The van der Waals surface area contributed by atoms with E-state index < -0.39 is 5.60 Å². The molecule has 20 heavy (non-hydrogen) atoms. The van der Waals surface area contributed by atoms with Crippen molar-refractivity contribution in [3.05, 3.63) is 0 Å². The molecule has 0 unspecified atom stereocenters. The van der Waals surface area contributed by atoms with E-state index >= 15 is 0 Å². The molecule has 1 aliphatic carbocycles. The van der Waals surface area contributed by atoms with Gasteiger partial charge in [0.1, 0.15) is 5.60 Å². The van der Waals surface area contributed by atoms with Gasteiger partial charge in [0.2, 0.25) is 0 Å². The summed E-state index contributed by atoms with van der Waals surface area (Å²) < 4.78 is 5.29. The smallest absolute Gasteiger partial charge is 0.410 e. The van der Waals surface area contributed by atoms with Crippen LogP contribution in [-0.4, -0.2) is 55.3 Å². The predicted octanol–water partition coefficient (Wildman–Crippen LogP) is 1.57. The van der Waals surface area contributed by atoms with Crippen LogP contribution in [-0.2, 0) is 4.74 Å². The minimum Gasteiger partial charge on any atom is -0.444 e.